The van der Waals surface area contributed by atoms with E-state index in [-0.39, 0.29) is 5.41 Å². The Hall–Kier alpha value is -1.43. The first kappa shape index (κ1) is 13.0. The van der Waals surface area contributed by atoms with E-state index in [2.05, 4.69) is 40.5 Å². The van der Waals surface area contributed by atoms with Gasteiger partial charge in [-0.3, -0.25) is 4.68 Å². The highest BCUT2D eigenvalue weighted by Gasteiger charge is 2.19. The summed E-state index contributed by atoms with van der Waals surface area (Å²) in [6.45, 7) is 7.18. The molecule has 5 nitrogen and oxygen atoms in total. The van der Waals surface area contributed by atoms with E-state index in [9.17, 15) is 0 Å². The normalized spacial score (nSPS) is 11.8. The molecular weight excluding hydrogens is 246 g/mol. The maximum atomic E-state index is 4.49. The zero-order chi connectivity index (χ0) is 13.2. The Morgan fingerprint density at radius 2 is 2.17 bits per heavy atom. The molecule has 0 spiro atoms. The average molecular weight is 265 g/mol. The molecule has 0 saturated heterocycles. The standard InChI is InChI=1S/C12H19N5S/c1-12(2,3)10-14-11(18-16-10)13-7-5-9-6-8-17(4)15-9/h6,8H,5,7H2,1-4H3,(H,13,14,16). The van der Waals surface area contributed by atoms with Crippen LogP contribution in [0.15, 0.2) is 12.3 Å². The SMILES string of the molecule is Cn1ccc(CCNc2nc(C(C)(C)C)ns2)n1. The monoisotopic (exact) mass is 265 g/mol. The van der Waals surface area contributed by atoms with Crippen LogP contribution in [0.1, 0.15) is 32.3 Å². The third-order valence-electron chi connectivity index (χ3n) is 2.52. The maximum Gasteiger partial charge on any atom is 0.202 e. The van der Waals surface area contributed by atoms with Crippen molar-refractivity contribution in [2.45, 2.75) is 32.6 Å². The summed E-state index contributed by atoms with van der Waals surface area (Å²) in [4.78, 5) is 4.49. The van der Waals surface area contributed by atoms with Gasteiger partial charge < -0.3 is 5.32 Å². The van der Waals surface area contributed by atoms with Gasteiger partial charge >= 0.3 is 0 Å². The zero-order valence-corrected chi connectivity index (χ0v) is 12.1. The molecule has 0 aliphatic carbocycles. The summed E-state index contributed by atoms with van der Waals surface area (Å²) in [5.41, 5.74) is 1.10. The molecule has 0 bridgehead atoms. The van der Waals surface area contributed by atoms with Crippen LogP contribution in [0, 0.1) is 0 Å². The molecule has 0 fully saturated rings. The van der Waals surface area contributed by atoms with E-state index < -0.39 is 0 Å². The number of aryl methyl sites for hydroxylation is 1. The lowest BCUT2D eigenvalue weighted by Gasteiger charge is -2.12. The number of nitrogens with zero attached hydrogens (tertiary/aromatic N) is 4. The van der Waals surface area contributed by atoms with E-state index in [1.807, 2.05) is 24.0 Å². The summed E-state index contributed by atoms with van der Waals surface area (Å²) in [5, 5.41) is 8.51. The number of hydrogen-bond acceptors (Lipinski definition) is 5. The Bertz CT molecular complexity index is 509. The van der Waals surface area contributed by atoms with Crippen molar-refractivity contribution in [3.63, 3.8) is 0 Å². The van der Waals surface area contributed by atoms with Crippen molar-refractivity contribution in [3.8, 4) is 0 Å². The molecule has 18 heavy (non-hydrogen) atoms. The van der Waals surface area contributed by atoms with Crippen LogP contribution in [0.3, 0.4) is 0 Å². The lowest BCUT2D eigenvalue weighted by Crippen LogP contribution is -2.13. The second kappa shape index (κ2) is 5.06. The zero-order valence-electron chi connectivity index (χ0n) is 11.3. The van der Waals surface area contributed by atoms with Gasteiger partial charge in [0.25, 0.3) is 0 Å². The van der Waals surface area contributed by atoms with Crippen LogP contribution < -0.4 is 5.32 Å². The maximum absolute atomic E-state index is 4.49. The molecule has 6 heteroatoms. The fourth-order valence-corrected chi connectivity index (χ4v) is 2.28. The lowest BCUT2D eigenvalue weighted by molar-refractivity contribution is 0.555. The van der Waals surface area contributed by atoms with Crippen LogP contribution in [-0.4, -0.2) is 25.7 Å². The molecule has 0 unspecified atom stereocenters. The molecule has 0 saturated carbocycles. The largest absolute Gasteiger partial charge is 0.360 e. The fraction of sp³-hybridized carbons (Fsp3) is 0.583. The van der Waals surface area contributed by atoms with Gasteiger partial charge in [-0.1, -0.05) is 20.8 Å². The molecule has 0 atom stereocenters. The molecule has 0 aromatic carbocycles. The number of anilines is 1. The lowest BCUT2D eigenvalue weighted by atomic mass is 9.96. The molecule has 1 N–H and O–H groups in total. The van der Waals surface area contributed by atoms with E-state index in [0.29, 0.717) is 0 Å². The van der Waals surface area contributed by atoms with Crippen LogP contribution >= 0.6 is 11.5 Å². The van der Waals surface area contributed by atoms with Crippen molar-refractivity contribution in [3.05, 3.63) is 23.8 Å². The summed E-state index contributed by atoms with van der Waals surface area (Å²) < 4.78 is 6.18. The molecule has 0 aliphatic heterocycles. The summed E-state index contributed by atoms with van der Waals surface area (Å²) >= 11 is 1.42. The van der Waals surface area contributed by atoms with Gasteiger partial charge in [0.05, 0.1) is 5.69 Å². The molecule has 0 aliphatic rings. The minimum atomic E-state index is 0.0113. The van der Waals surface area contributed by atoms with Gasteiger partial charge in [0.2, 0.25) is 5.13 Å². The third-order valence-corrected chi connectivity index (χ3v) is 3.20. The first-order chi connectivity index (χ1) is 8.45. The Balaban J connectivity index is 1.85. The predicted octanol–water partition coefficient (Wildman–Crippen LogP) is 2.22. The molecule has 0 radical (unpaired) electrons. The first-order valence-corrected chi connectivity index (χ1v) is 6.79. The second-order valence-corrected chi connectivity index (χ2v) is 6.08. The van der Waals surface area contributed by atoms with E-state index >= 15 is 0 Å². The van der Waals surface area contributed by atoms with Crippen LogP contribution in [-0.2, 0) is 18.9 Å². The van der Waals surface area contributed by atoms with E-state index in [0.717, 1.165) is 29.6 Å². The Morgan fingerprint density at radius 3 is 2.72 bits per heavy atom. The van der Waals surface area contributed by atoms with E-state index in [1.165, 1.54) is 11.5 Å². The number of rotatable bonds is 4. The molecule has 98 valence electrons. The minimum absolute atomic E-state index is 0.0113. The quantitative estimate of drug-likeness (QED) is 0.921. The summed E-state index contributed by atoms with van der Waals surface area (Å²) in [7, 11) is 1.93. The van der Waals surface area contributed by atoms with Gasteiger partial charge in [0.1, 0.15) is 5.82 Å². The molecule has 2 aromatic rings. The molecule has 2 rings (SSSR count). The van der Waals surface area contributed by atoms with Gasteiger partial charge in [-0.05, 0) is 6.07 Å². The number of aromatic nitrogens is 4. The summed E-state index contributed by atoms with van der Waals surface area (Å²) in [6.07, 6.45) is 2.85. The number of nitrogens with one attached hydrogen (secondary N) is 1. The Kier molecular flexibility index (Phi) is 3.65. The van der Waals surface area contributed by atoms with Gasteiger partial charge in [-0.25, -0.2) is 4.98 Å². The fourth-order valence-electron chi connectivity index (χ4n) is 1.49. The Labute approximate surface area is 111 Å². The minimum Gasteiger partial charge on any atom is -0.360 e. The molecule has 2 aromatic heterocycles. The van der Waals surface area contributed by atoms with Crippen LogP contribution in [0.2, 0.25) is 0 Å². The first-order valence-electron chi connectivity index (χ1n) is 6.02. The van der Waals surface area contributed by atoms with E-state index in [1.54, 1.807) is 0 Å². The van der Waals surface area contributed by atoms with Crippen molar-refractivity contribution in [1.29, 1.82) is 0 Å². The Morgan fingerprint density at radius 1 is 1.39 bits per heavy atom. The molecule has 0 amide bonds. The van der Waals surface area contributed by atoms with Gasteiger partial charge in [0.15, 0.2) is 0 Å². The average Bonchev–Trinajstić information content (AvgIpc) is 2.87. The third kappa shape index (κ3) is 3.29. The van der Waals surface area contributed by atoms with Crippen molar-refractivity contribution in [2.24, 2.45) is 7.05 Å². The smallest absolute Gasteiger partial charge is 0.202 e. The van der Waals surface area contributed by atoms with Crippen molar-refractivity contribution in [2.75, 3.05) is 11.9 Å². The molecule has 2 heterocycles. The van der Waals surface area contributed by atoms with Crippen LogP contribution in [0.4, 0.5) is 5.13 Å². The summed E-state index contributed by atoms with van der Waals surface area (Å²) in [6, 6.07) is 2.03. The molecular formula is C12H19N5S. The highest BCUT2D eigenvalue weighted by atomic mass is 32.1. The second-order valence-electron chi connectivity index (χ2n) is 5.33. The number of hydrogen-bond donors (Lipinski definition) is 1. The van der Waals surface area contributed by atoms with Crippen molar-refractivity contribution < 1.29 is 0 Å². The van der Waals surface area contributed by atoms with Gasteiger partial charge in [-0.2, -0.15) is 9.47 Å². The van der Waals surface area contributed by atoms with Crippen LogP contribution in [0.25, 0.3) is 0 Å². The van der Waals surface area contributed by atoms with Crippen LogP contribution in [0.5, 0.6) is 0 Å². The van der Waals surface area contributed by atoms with Gasteiger partial charge in [0, 0.05) is 43.2 Å². The topological polar surface area (TPSA) is 55.6 Å². The highest BCUT2D eigenvalue weighted by Crippen LogP contribution is 2.22. The highest BCUT2D eigenvalue weighted by molar-refractivity contribution is 7.09. The van der Waals surface area contributed by atoms with E-state index in [4.69, 9.17) is 0 Å². The van der Waals surface area contributed by atoms with Crippen molar-refractivity contribution >= 4 is 16.7 Å². The summed E-state index contributed by atoms with van der Waals surface area (Å²) in [5.74, 6) is 0.896. The van der Waals surface area contributed by atoms with Crippen molar-refractivity contribution in [1.82, 2.24) is 19.1 Å². The van der Waals surface area contributed by atoms with Gasteiger partial charge in [-0.15, -0.1) is 0 Å². The predicted molar refractivity (Wildman–Crippen MR) is 74.0 cm³/mol.